The Morgan fingerprint density at radius 3 is 2.84 bits per heavy atom. The first-order valence-corrected chi connectivity index (χ1v) is 7.31. The van der Waals surface area contributed by atoms with E-state index >= 15 is 0 Å². The number of aryl methyl sites for hydroxylation is 1. The van der Waals surface area contributed by atoms with Crippen molar-refractivity contribution in [2.75, 3.05) is 18.0 Å². The highest BCUT2D eigenvalue weighted by Crippen LogP contribution is 2.33. The number of hydrogen-bond donors (Lipinski definition) is 1. The summed E-state index contributed by atoms with van der Waals surface area (Å²) >= 11 is 1.69. The largest absolute Gasteiger partial charge is 0.386 e. The lowest BCUT2D eigenvalue weighted by atomic mass is 9.92. The molecule has 19 heavy (non-hydrogen) atoms. The van der Waals surface area contributed by atoms with Crippen molar-refractivity contribution < 1.29 is 5.11 Å². The Morgan fingerprint density at radius 2 is 2.16 bits per heavy atom. The first-order chi connectivity index (χ1) is 9.13. The molecule has 0 radical (unpaired) electrons. The number of nitrogens with zero attached hydrogens (tertiary/aromatic N) is 3. The van der Waals surface area contributed by atoms with E-state index in [0.717, 1.165) is 29.1 Å². The second-order valence-electron chi connectivity index (χ2n) is 5.09. The SMILES string of the molecule is C=CC1(O)CCN(c2ncnc3c(C)csc23)CC1. The molecule has 0 unspecified atom stereocenters. The normalized spacial score (nSPS) is 18.7. The Balaban J connectivity index is 1.92. The number of aromatic nitrogens is 2. The lowest BCUT2D eigenvalue weighted by Crippen LogP contribution is -2.43. The van der Waals surface area contributed by atoms with E-state index in [1.807, 2.05) is 0 Å². The van der Waals surface area contributed by atoms with E-state index < -0.39 is 5.60 Å². The van der Waals surface area contributed by atoms with Gasteiger partial charge in [-0.05, 0) is 30.7 Å². The Kier molecular flexibility index (Phi) is 3.03. The molecular formula is C14H17N3OS. The second-order valence-corrected chi connectivity index (χ2v) is 5.97. The average Bonchev–Trinajstić information content (AvgIpc) is 2.82. The van der Waals surface area contributed by atoms with Crippen molar-refractivity contribution in [3.8, 4) is 0 Å². The molecule has 3 heterocycles. The molecule has 2 aromatic heterocycles. The van der Waals surface area contributed by atoms with Crippen LogP contribution in [0.15, 0.2) is 24.4 Å². The minimum absolute atomic E-state index is 0.701. The maximum atomic E-state index is 10.2. The molecule has 0 aliphatic carbocycles. The fourth-order valence-corrected chi connectivity index (χ4v) is 3.51. The van der Waals surface area contributed by atoms with Crippen LogP contribution in [0.4, 0.5) is 5.82 Å². The fraction of sp³-hybridized carbons (Fsp3) is 0.429. The third kappa shape index (κ3) is 2.13. The van der Waals surface area contributed by atoms with Crippen molar-refractivity contribution >= 4 is 27.4 Å². The van der Waals surface area contributed by atoms with Crippen LogP contribution in [-0.4, -0.2) is 33.8 Å². The molecular weight excluding hydrogens is 258 g/mol. The van der Waals surface area contributed by atoms with Crippen LogP contribution in [0, 0.1) is 6.92 Å². The molecule has 1 aliphatic heterocycles. The topological polar surface area (TPSA) is 49.2 Å². The van der Waals surface area contributed by atoms with E-state index in [-0.39, 0.29) is 0 Å². The summed E-state index contributed by atoms with van der Waals surface area (Å²) < 4.78 is 1.14. The van der Waals surface area contributed by atoms with E-state index in [1.54, 1.807) is 23.7 Å². The van der Waals surface area contributed by atoms with Gasteiger partial charge in [-0.2, -0.15) is 0 Å². The highest BCUT2D eigenvalue weighted by Gasteiger charge is 2.30. The molecule has 1 saturated heterocycles. The van der Waals surface area contributed by atoms with Gasteiger partial charge in [-0.1, -0.05) is 6.08 Å². The van der Waals surface area contributed by atoms with Crippen LogP contribution in [0.1, 0.15) is 18.4 Å². The summed E-state index contributed by atoms with van der Waals surface area (Å²) in [6.07, 6.45) is 4.69. The molecule has 0 spiro atoms. The number of aliphatic hydroxyl groups is 1. The minimum Gasteiger partial charge on any atom is -0.386 e. The third-order valence-corrected chi connectivity index (χ3v) is 4.90. The molecule has 100 valence electrons. The summed E-state index contributed by atoms with van der Waals surface area (Å²) in [5.41, 5.74) is 1.52. The summed E-state index contributed by atoms with van der Waals surface area (Å²) in [4.78, 5) is 11.0. The number of anilines is 1. The molecule has 0 bridgehead atoms. The quantitative estimate of drug-likeness (QED) is 0.856. The molecule has 0 atom stereocenters. The third-order valence-electron chi connectivity index (χ3n) is 3.82. The molecule has 5 heteroatoms. The maximum Gasteiger partial charge on any atom is 0.150 e. The lowest BCUT2D eigenvalue weighted by Gasteiger charge is -2.36. The smallest absolute Gasteiger partial charge is 0.150 e. The van der Waals surface area contributed by atoms with Crippen LogP contribution in [0.25, 0.3) is 10.2 Å². The number of fused-ring (bicyclic) bond motifs is 1. The maximum absolute atomic E-state index is 10.2. The van der Waals surface area contributed by atoms with Gasteiger partial charge in [0.05, 0.1) is 15.8 Å². The fourth-order valence-electron chi connectivity index (χ4n) is 2.49. The molecule has 1 aliphatic rings. The van der Waals surface area contributed by atoms with E-state index in [4.69, 9.17) is 0 Å². The zero-order valence-corrected chi connectivity index (χ0v) is 11.8. The van der Waals surface area contributed by atoms with E-state index in [9.17, 15) is 5.11 Å². The van der Waals surface area contributed by atoms with Gasteiger partial charge in [0.2, 0.25) is 0 Å². The van der Waals surface area contributed by atoms with Gasteiger partial charge in [0.25, 0.3) is 0 Å². The molecule has 2 aromatic rings. The van der Waals surface area contributed by atoms with Crippen molar-refractivity contribution in [3.63, 3.8) is 0 Å². The van der Waals surface area contributed by atoms with Gasteiger partial charge in [0.1, 0.15) is 12.1 Å². The molecule has 0 amide bonds. The molecule has 0 aromatic carbocycles. The van der Waals surface area contributed by atoms with Gasteiger partial charge in [0, 0.05) is 13.1 Å². The molecule has 0 saturated carbocycles. The van der Waals surface area contributed by atoms with Gasteiger partial charge in [-0.15, -0.1) is 17.9 Å². The number of piperidine rings is 1. The van der Waals surface area contributed by atoms with Gasteiger partial charge in [0.15, 0.2) is 0 Å². The lowest BCUT2D eigenvalue weighted by molar-refractivity contribution is 0.0650. The van der Waals surface area contributed by atoms with Crippen LogP contribution in [0.5, 0.6) is 0 Å². The van der Waals surface area contributed by atoms with Crippen LogP contribution in [0.3, 0.4) is 0 Å². The second kappa shape index (κ2) is 4.58. The van der Waals surface area contributed by atoms with Crippen LogP contribution < -0.4 is 4.90 Å². The Morgan fingerprint density at radius 1 is 1.42 bits per heavy atom. The van der Waals surface area contributed by atoms with Gasteiger partial charge < -0.3 is 10.0 Å². The van der Waals surface area contributed by atoms with E-state index in [1.165, 1.54) is 5.56 Å². The first-order valence-electron chi connectivity index (χ1n) is 6.43. The highest BCUT2D eigenvalue weighted by atomic mass is 32.1. The van der Waals surface area contributed by atoms with Crippen LogP contribution in [-0.2, 0) is 0 Å². The molecule has 3 rings (SSSR count). The Hall–Kier alpha value is -1.46. The van der Waals surface area contributed by atoms with E-state index in [0.29, 0.717) is 12.8 Å². The van der Waals surface area contributed by atoms with Crippen molar-refractivity contribution in [3.05, 3.63) is 29.9 Å². The predicted molar refractivity (Wildman–Crippen MR) is 78.7 cm³/mol. The van der Waals surface area contributed by atoms with Crippen LogP contribution >= 0.6 is 11.3 Å². The van der Waals surface area contributed by atoms with Crippen molar-refractivity contribution in [1.29, 1.82) is 0 Å². The monoisotopic (exact) mass is 275 g/mol. The Bertz CT molecular complexity index is 614. The van der Waals surface area contributed by atoms with Crippen molar-refractivity contribution in [1.82, 2.24) is 9.97 Å². The van der Waals surface area contributed by atoms with Crippen LogP contribution in [0.2, 0.25) is 0 Å². The van der Waals surface area contributed by atoms with Gasteiger partial charge >= 0.3 is 0 Å². The summed E-state index contributed by atoms with van der Waals surface area (Å²) in [6, 6.07) is 0. The summed E-state index contributed by atoms with van der Waals surface area (Å²) in [5, 5.41) is 12.3. The van der Waals surface area contributed by atoms with Gasteiger partial charge in [-0.3, -0.25) is 0 Å². The molecule has 1 fully saturated rings. The average molecular weight is 275 g/mol. The minimum atomic E-state index is -0.714. The highest BCUT2D eigenvalue weighted by molar-refractivity contribution is 7.18. The Labute approximate surface area is 116 Å². The van der Waals surface area contributed by atoms with E-state index in [2.05, 4.69) is 33.8 Å². The zero-order valence-electron chi connectivity index (χ0n) is 11.0. The van der Waals surface area contributed by atoms with Gasteiger partial charge in [-0.25, -0.2) is 9.97 Å². The summed E-state index contributed by atoms with van der Waals surface area (Å²) in [6.45, 7) is 7.38. The molecule has 4 nitrogen and oxygen atoms in total. The predicted octanol–water partition coefficient (Wildman–Crippen LogP) is 2.52. The number of hydrogen-bond acceptors (Lipinski definition) is 5. The van der Waals surface area contributed by atoms with Crippen molar-refractivity contribution in [2.45, 2.75) is 25.4 Å². The summed E-state index contributed by atoms with van der Waals surface area (Å²) in [7, 11) is 0. The summed E-state index contributed by atoms with van der Waals surface area (Å²) in [5.74, 6) is 0.995. The standard InChI is InChI=1S/C14H17N3OS/c1-3-14(18)4-6-17(7-5-14)13-12-11(15-9-16-13)10(2)8-19-12/h3,8-9,18H,1,4-7H2,2H3. The van der Waals surface area contributed by atoms with Crippen molar-refractivity contribution in [2.24, 2.45) is 0 Å². The number of rotatable bonds is 2. The zero-order chi connectivity index (χ0) is 13.5. The first kappa shape index (κ1) is 12.6. The number of thiophene rings is 1. The molecule has 1 N–H and O–H groups in total.